The van der Waals surface area contributed by atoms with Gasteiger partial charge in [0, 0.05) is 6.20 Å². The van der Waals surface area contributed by atoms with E-state index in [-0.39, 0.29) is 6.10 Å². The maximum absolute atomic E-state index is 11.4. The molecule has 9 unspecified atom stereocenters. The van der Waals surface area contributed by atoms with Crippen molar-refractivity contribution in [1.82, 2.24) is 9.78 Å². The molecule has 1 aromatic heterocycles. The summed E-state index contributed by atoms with van der Waals surface area (Å²) in [5.74, 6) is 4.51. The zero-order valence-electron chi connectivity index (χ0n) is 22.5. The molecule has 188 valence electrons. The van der Waals surface area contributed by atoms with Gasteiger partial charge in [-0.2, -0.15) is 5.10 Å². The number of aliphatic hydroxyl groups is 1. The van der Waals surface area contributed by atoms with E-state index in [2.05, 4.69) is 52.8 Å². The van der Waals surface area contributed by atoms with Crippen molar-refractivity contribution in [3.8, 4) is 0 Å². The van der Waals surface area contributed by atoms with Crippen molar-refractivity contribution in [2.45, 2.75) is 131 Å². The molecule has 3 fully saturated rings. The Hall–Kier alpha value is -0.830. The minimum Gasteiger partial charge on any atom is -0.391 e. The maximum atomic E-state index is 11.4. The van der Waals surface area contributed by atoms with E-state index in [1.807, 2.05) is 10.9 Å². The summed E-state index contributed by atoms with van der Waals surface area (Å²) in [4.78, 5) is 0. The van der Waals surface area contributed by atoms with Crippen LogP contribution in [0.3, 0.4) is 0 Å². The van der Waals surface area contributed by atoms with Gasteiger partial charge in [-0.15, -0.1) is 0 Å². The third kappa shape index (κ3) is 4.57. The van der Waals surface area contributed by atoms with Crippen LogP contribution in [0.5, 0.6) is 0 Å². The Bertz CT molecular complexity index is 773. The number of aromatic nitrogens is 2. The van der Waals surface area contributed by atoms with Crippen LogP contribution in [0.2, 0.25) is 0 Å². The highest BCUT2D eigenvalue weighted by molar-refractivity contribution is 5.11. The summed E-state index contributed by atoms with van der Waals surface area (Å²) < 4.78 is 2.02. The Kier molecular flexibility index (Phi) is 7.68. The van der Waals surface area contributed by atoms with Gasteiger partial charge in [-0.05, 0) is 110 Å². The fraction of sp³-hybridized carbons (Fsp3) is 0.900. The minimum absolute atomic E-state index is 0.276. The van der Waals surface area contributed by atoms with E-state index in [0.29, 0.717) is 29.2 Å². The molecule has 0 bridgehead atoms. The van der Waals surface area contributed by atoms with Gasteiger partial charge in [-0.3, -0.25) is 4.68 Å². The Morgan fingerprint density at radius 1 is 1.06 bits per heavy atom. The van der Waals surface area contributed by atoms with Gasteiger partial charge in [0.15, 0.2) is 0 Å². The summed E-state index contributed by atoms with van der Waals surface area (Å²) in [6.07, 6.45) is 18.6. The highest BCUT2D eigenvalue weighted by atomic mass is 16.3. The first-order valence-corrected chi connectivity index (χ1v) is 14.5. The summed E-state index contributed by atoms with van der Waals surface area (Å²) in [6, 6.07) is 0. The highest BCUT2D eigenvalue weighted by Gasteiger charge is 2.59. The number of nitrogens with zero attached hydrogens (tertiary/aromatic N) is 2. The molecule has 3 aliphatic carbocycles. The normalized spacial score (nSPS) is 40.3. The number of rotatable bonds is 9. The summed E-state index contributed by atoms with van der Waals surface area (Å²) >= 11 is 0. The van der Waals surface area contributed by atoms with Crippen molar-refractivity contribution in [3.63, 3.8) is 0 Å². The van der Waals surface area contributed by atoms with E-state index in [9.17, 15) is 5.11 Å². The fourth-order valence-corrected chi connectivity index (χ4v) is 9.15. The van der Waals surface area contributed by atoms with Crippen LogP contribution < -0.4 is 0 Å². The zero-order valence-corrected chi connectivity index (χ0v) is 22.5. The lowest BCUT2D eigenvalue weighted by molar-refractivity contribution is -0.0998. The van der Waals surface area contributed by atoms with Crippen LogP contribution in [-0.4, -0.2) is 21.0 Å². The lowest BCUT2D eigenvalue weighted by atomic mass is 9.47. The molecular formula is C30H52N2O. The second kappa shape index (κ2) is 10.0. The van der Waals surface area contributed by atoms with Crippen LogP contribution >= 0.6 is 0 Å². The number of hydrogen-bond acceptors (Lipinski definition) is 2. The first-order valence-electron chi connectivity index (χ1n) is 14.5. The molecular weight excluding hydrogens is 404 g/mol. The standard InChI is InChI=1S/C30H52N2O/c1-7-10-25-23-14-17-30(6)26(24(23)13-16-29(25,5)15-8-2)11-12-27(30)28(33)20-32-19-22(18-31-32)21(4)9-3/h18-19,21,23-28,33H,7-17,20H2,1-6H3. The molecule has 4 rings (SSSR count). The van der Waals surface area contributed by atoms with Crippen LogP contribution in [0.1, 0.15) is 124 Å². The van der Waals surface area contributed by atoms with E-state index in [1.165, 1.54) is 69.8 Å². The molecule has 3 aliphatic rings. The Labute approximate surface area is 204 Å². The summed E-state index contributed by atoms with van der Waals surface area (Å²) in [5.41, 5.74) is 2.17. The van der Waals surface area contributed by atoms with Crippen molar-refractivity contribution < 1.29 is 5.11 Å². The molecule has 0 aliphatic heterocycles. The first kappa shape index (κ1) is 25.3. The monoisotopic (exact) mass is 456 g/mol. The molecule has 0 saturated heterocycles. The molecule has 3 nitrogen and oxygen atoms in total. The van der Waals surface area contributed by atoms with E-state index >= 15 is 0 Å². The molecule has 3 saturated carbocycles. The van der Waals surface area contributed by atoms with Crippen molar-refractivity contribution in [2.24, 2.45) is 40.4 Å². The van der Waals surface area contributed by atoms with Gasteiger partial charge in [0.05, 0.1) is 18.8 Å². The third-order valence-corrected chi connectivity index (χ3v) is 11.1. The van der Waals surface area contributed by atoms with Gasteiger partial charge in [0.1, 0.15) is 0 Å². The third-order valence-electron chi connectivity index (χ3n) is 11.1. The van der Waals surface area contributed by atoms with E-state index < -0.39 is 0 Å². The molecule has 1 heterocycles. The Morgan fingerprint density at radius 2 is 1.82 bits per heavy atom. The Balaban J connectivity index is 1.48. The lowest BCUT2D eigenvalue weighted by Crippen LogP contribution is -2.51. The largest absolute Gasteiger partial charge is 0.391 e. The molecule has 0 amide bonds. The van der Waals surface area contributed by atoms with Crippen molar-refractivity contribution in [3.05, 3.63) is 18.0 Å². The summed E-state index contributed by atoms with van der Waals surface area (Å²) in [5, 5.41) is 16.0. The average Bonchev–Trinajstić information content (AvgIpc) is 3.39. The molecule has 0 radical (unpaired) electrons. The molecule has 33 heavy (non-hydrogen) atoms. The maximum Gasteiger partial charge on any atom is 0.0769 e. The van der Waals surface area contributed by atoms with Crippen molar-refractivity contribution in [2.75, 3.05) is 0 Å². The molecule has 1 N–H and O–H groups in total. The summed E-state index contributed by atoms with van der Waals surface area (Å²) in [6.45, 7) is 15.1. The van der Waals surface area contributed by atoms with E-state index in [1.54, 1.807) is 0 Å². The SMILES string of the molecule is CCCC1C2CCC3(C)C(C(O)Cn4cc(C(C)CC)cn4)CCC3C2CCC1(C)CCC. The van der Waals surface area contributed by atoms with Crippen LogP contribution in [0.25, 0.3) is 0 Å². The van der Waals surface area contributed by atoms with Gasteiger partial charge < -0.3 is 5.11 Å². The number of fused-ring (bicyclic) bond motifs is 3. The average molecular weight is 457 g/mol. The Morgan fingerprint density at radius 3 is 2.52 bits per heavy atom. The van der Waals surface area contributed by atoms with E-state index in [0.717, 1.165) is 30.1 Å². The highest BCUT2D eigenvalue weighted by Crippen LogP contribution is 2.66. The smallest absolute Gasteiger partial charge is 0.0769 e. The quantitative estimate of drug-likeness (QED) is 0.411. The summed E-state index contributed by atoms with van der Waals surface area (Å²) in [7, 11) is 0. The molecule has 1 aromatic rings. The first-order chi connectivity index (χ1) is 15.8. The van der Waals surface area contributed by atoms with Crippen LogP contribution in [-0.2, 0) is 6.54 Å². The molecule has 3 heteroatoms. The second-order valence-electron chi connectivity index (χ2n) is 12.9. The minimum atomic E-state index is -0.276. The van der Waals surface area contributed by atoms with Crippen molar-refractivity contribution >= 4 is 0 Å². The molecule has 0 aromatic carbocycles. The lowest BCUT2D eigenvalue weighted by Gasteiger charge is -2.58. The second-order valence-corrected chi connectivity index (χ2v) is 12.9. The van der Waals surface area contributed by atoms with Crippen LogP contribution in [0.15, 0.2) is 12.4 Å². The predicted molar refractivity (Wildman–Crippen MR) is 138 cm³/mol. The van der Waals surface area contributed by atoms with E-state index in [4.69, 9.17) is 0 Å². The predicted octanol–water partition coefficient (Wildman–Crippen LogP) is 7.83. The van der Waals surface area contributed by atoms with Gasteiger partial charge in [0.25, 0.3) is 0 Å². The number of hydrogen-bond donors (Lipinski definition) is 1. The number of aliphatic hydroxyl groups excluding tert-OH is 1. The van der Waals surface area contributed by atoms with Crippen LogP contribution in [0, 0.1) is 40.4 Å². The molecule has 9 atom stereocenters. The van der Waals surface area contributed by atoms with Gasteiger partial charge >= 0.3 is 0 Å². The van der Waals surface area contributed by atoms with Crippen LogP contribution in [0.4, 0.5) is 0 Å². The molecule has 0 spiro atoms. The zero-order chi connectivity index (χ0) is 23.8. The van der Waals surface area contributed by atoms with Gasteiger partial charge in [0.2, 0.25) is 0 Å². The van der Waals surface area contributed by atoms with Crippen molar-refractivity contribution in [1.29, 1.82) is 0 Å². The van der Waals surface area contributed by atoms with Gasteiger partial charge in [-0.25, -0.2) is 0 Å². The topological polar surface area (TPSA) is 38.0 Å². The van der Waals surface area contributed by atoms with Gasteiger partial charge in [-0.1, -0.05) is 54.4 Å². The fourth-order valence-electron chi connectivity index (χ4n) is 9.15.